The SMILES string of the molecule is COc1cc(N2CCN(CCC3CCN(c4ncc([C@@H]5c6[nH]c7ccccc7c6C[C@@H](C)N5CC(C)(C)F)cn4)CC3)CC2)cc2c1C(=O)N(C1CCC(=O)NC1=O)C2. The Balaban J connectivity index is 0.780. The summed E-state index contributed by atoms with van der Waals surface area (Å²) in [6.07, 6.45) is 8.70. The lowest BCUT2D eigenvalue weighted by atomic mass is 9.88. The van der Waals surface area contributed by atoms with E-state index in [1.54, 1.807) is 25.9 Å². The predicted octanol–water partition coefficient (Wildman–Crippen LogP) is 5.24. The van der Waals surface area contributed by atoms with Gasteiger partial charge in [0.25, 0.3) is 5.91 Å². The highest BCUT2D eigenvalue weighted by Gasteiger charge is 2.42. The molecule has 4 aromatic rings. The van der Waals surface area contributed by atoms with Crippen LogP contribution in [0.1, 0.15) is 91.7 Å². The van der Waals surface area contributed by atoms with E-state index >= 15 is 4.39 Å². The second-order valence-electron chi connectivity index (χ2n) is 17.9. The van der Waals surface area contributed by atoms with E-state index in [0.717, 1.165) is 105 Å². The van der Waals surface area contributed by atoms with Gasteiger partial charge in [0, 0.05) is 111 Å². The third-order valence-corrected chi connectivity index (χ3v) is 13.3. The first-order valence-electron chi connectivity index (χ1n) is 21.4. The van der Waals surface area contributed by atoms with Gasteiger partial charge in [-0.3, -0.25) is 29.5 Å². The number of amides is 3. The molecule has 0 spiro atoms. The van der Waals surface area contributed by atoms with Gasteiger partial charge in [0.2, 0.25) is 17.8 Å². The van der Waals surface area contributed by atoms with E-state index in [1.807, 2.05) is 18.5 Å². The molecule has 2 aromatic carbocycles. The maximum atomic E-state index is 15.2. The number of piperazine rings is 1. The number of aromatic amines is 1. The Morgan fingerprint density at radius 2 is 1.69 bits per heavy atom. The highest BCUT2D eigenvalue weighted by atomic mass is 19.1. The fourth-order valence-electron chi connectivity index (χ4n) is 10.2. The molecule has 9 rings (SSSR count). The first kappa shape index (κ1) is 39.4. The minimum Gasteiger partial charge on any atom is -0.496 e. The molecule has 13 nitrogen and oxygen atoms in total. The average molecular weight is 806 g/mol. The lowest BCUT2D eigenvalue weighted by molar-refractivity contribution is -0.136. The van der Waals surface area contributed by atoms with E-state index in [1.165, 1.54) is 10.9 Å². The summed E-state index contributed by atoms with van der Waals surface area (Å²) in [5.74, 6) is 1.01. The zero-order valence-corrected chi connectivity index (χ0v) is 34.7. The number of imide groups is 1. The highest BCUT2D eigenvalue weighted by molar-refractivity contribution is 6.06. The number of benzene rings is 2. The number of alkyl halides is 1. The predicted molar refractivity (Wildman–Crippen MR) is 224 cm³/mol. The maximum absolute atomic E-state index is 15.2. The fourth-order valence-corrected chi connectivity index (χ4v) is 10.2. The van der Waals surface area contributed by atoms with Crippen molar-refractivity contribution in [2.75, 3.05) is 69.3 Å². The number of anilines is 2. The summed E-state index contributed by atoms with van der Waals surface area (Å²) in [5, 5.41) is 3.61. The molecule has 5 aliphatic rings. The summed E-state index contributed by atoms with van der Waals surface area (Å²) in [7, 11) is 1.58. The normalized spacial score (nSPS) is 23.5. The Labute approximate surface area is 345 Å². The summed E-state index contributed by atoms with van der Waals surface area (Å²) in [5.41, 5.74) is 5.56. The number of halogens is 1. The van der Waals surface area contributed by atoms with Crippen LogP contribution in [0, 0.1) is 5.92 Å². The molecule has 3 fully saturated rings. The lowest BCUT2D eigenvalue weighted by Gasteiger charge is -2.42. The van der Waals surface area contributed by atoms with E-state index in [2.05, 4.69) is 67.2 Å². The van der Waals surface area contributed by atoms with Crippen LogP contribution in [0.25, 0.3) is 10.9 Å². The number of carbonyl (C=O) groups excluding carboxylic acids is 3. The van der Waals surface area contributed by atoms with Gasteiger partial charge in [-0.2, -0.15) is 0 Å². The van der Waals surface area contributed by atoms with E-state index in [-0.39, 0.29) is 30.3 Å². The number of hydrogen-bond donors (Lipinski definition) is 2. The Hall–Kier alpha value is -5.08. The molecule has 3 atom stereocenters. The number of para-hydroxylation sites is 1. The molecule has 14 heteroatoms. The Morgan fingerprint density at radius 1 is 0.949 bits per heavy atom. The number of hydrogen-bond acceptors (Lipinski definition) is 10. The Morgan fingerprint density at radius 3 is 2.41 bits per heavy atom. The van der Waals surface area contributed by atoms with Gasteiger partial charge in [0.1, 0.15) is 17.5 Å². The third kappa shape index (κ3) is 7.77. The molecule has 0 bridgehead atoms. The average Bonchev–Trinajstić information content (AvgIpc) is 3.76. The molecule has 3 amide bonds. The van der Waals surface area contributed by atoms with Gasteiger partial charge in [-0.25, -0.2) is 14.4 Å². The largest absolute Gasteiger partial charge is 0.496 e. The van der Waals surface area contributed by atoms with E-state index in [0.29, 0.717) is 36.7 Å². The van der Waals surface area contributed by atoms with Crippen LogP contribution in [0.2, 0.25) is 0 Å². The minimum absolute atomic E-state index is 0.155. The molecule has 2 aromatic heterocycles. The van der Waals surface area contributed by atoms with Crippen molar-refractivity contribution in [1.29, 1.82) is 0 Å². The molecule has 7 heterocycles. The fraction of sp³-hybridized carbons (Fsp3) is 0.533. The molecule has 0 aliphatic carbocycles. The number of fused-ring (bicyclic) bond motifs is 4. The van der Waals surface area contributed by atoms with Gasteiger partial charge in [0.15, 0.2) is 0 Å². The number of H-pyrrole nitrogens is 1. The quantitative estimate of drug-likeness (QED) is 0.206. The first-order valence-corrected chi connectivity index (χ1v) is 21.4. The van der Waals surface area contributed by atoms with Crippen LogP contribution in [-0.2, 0) is 22.6 Å². The molecular weight excluding hydrogens is 750 g/mol. The first-order chi connectivity index (χ1) is 28.4. The van der Waals surface area contributed by atoms with Gasteiger partial charge in [-0.05, 0) is 88.6 Å². The van der Waals surface area contributed by atoms with Crippen molar-refractivity contribution in [3.8, 4) is 5.75 Å². The monoisotopic (exact) mass is 805 g/mol. The number of piperidine rings is 2. The molecule has 0 radical (unpaired) electrons. The standard InChI is InChI=1S/C45H56FN9O4/c1-28-21-34-33-7-5-6-8-35(33)49-40(34)41(55(28)27-45(2,3)46)31-24-47-44(48-25-31)53-15-12-29(13-16-53)11-14-51-17-19-52(20-18-51)32-22-30-26-54(36-9-10-38(56)50-42(36)57)43(58)39(30)37(23-32)59-4/h5-8,22-25,28-29,36,41,49H,9-21,26-27H2,1-4H3,(H,50,56,57)/t28-,36?,41-/m1/s1. The van der Waals surface area contributed by atoms with Crippen LogP contribution >= 0.6 is 0 Å². The van der Waals surface area contributed by atoms with Crippen molar-refractivity contribution in [3.63, 3.8) is 0 Å². The second-order valence-corrected chi connectivity index (χ2v) is 17.9. The van der Waals surface area contributed by atoms with Crippen molar-refractivity contribution in [3.05, 3.63) is 76.7 Å². The van der Waals surface area contributed by atoms with Crippen molar-refractivity contribution in [2.24, 2.45) is 5.92 Å². The van der Waals surface area contributed by atoms with Crippen LogP contribution in [-0.4, -0.2) is 125 Å². The van der Waals surface area contributed by atoms with Gasteiger partial charge in [-0.15, -0.1) is 0 Å². The van der Waals surface area contributed by atoms with Crippen molar-refractivity contribution < 1.29 is 23.5 Å². The van der Waals surface area contributed by atoms with Crippen molar-refractivity contribution >= 4 is 40.3 Å². The summed E-state index contributed by atoms with van der Waals surface area (Å²) >= 11 is 0. The summed E-state index contributed by atoms with van der Waals surface area (Å²) < 4.78 is 20.9. The van der Waals surface area contributed by atoms with Crippen LogP contribution in [0.5, 0.6) is 5.75 Å². The van der Waals surface area contributed by atoms with Gasteiger partial charge in [-0.1, -0.05) is 18.2 Å². The van der Waals surface area contributed by atoms with E-state index in [4.69, 9.17) is 14.7 Å². The van der Waals surface area contributed by atoms with Crippen LogP contribution in [0.3, 0.4) is 0 Å². The van der Waals surface area contributed by atoms with E-state index < -0.39 is 17.6 Å². The molecule has 59 heavy (non-hydrogen) atoms. The van der Waals surface area contributed by atoms with Gasteiger partial charge < -0.3 is 24.4 Å². The highest BCUT2D eigenvalue weighted by Crippen LogP contribution is 2.42. The molecule has 0 saturated carbocycles. The molecule has 5 aliphatic heterocycles. The molecule has 3 saturated heterocycles. The topological polar surface area (TPSA) is 130 Å². The van der Waals surface area contributed by atoms with Crippen LogP contribution in [0.15, 0.2) is 48.8 Å². The maximum Gasteiger partial charge on any atom is 0.258 e. The van der Waals surface area contributed by atoms with Crippen LogP contribution < -0.4 is 19.9 Å². The third-order valence-electron chi connectivity index (χ3n) is 13.3. The zero-order valence-electron chi connectivity index (χ0n) is 34.7. The Kier molecular flexibility index (Phi) is 10.6. The summed E-state index contributed by atoms with van der Waals surface area (Å²) in [6.45, 7) is 12.7. The molecule has 2 N–H and O–H groups in total. The molecular formula is C45H56FN9O4. The lowest BCUT2D eigenvalue weighted by Crippen LogP contribution is -2.52. The number of rotatable bonds is 10. The number of carbonyl (C=O) groups is 3. The van der Waals surface area contributed by atoms with Crippen molar-refractivity contribution in [1.82, 2.24) is 35.0 Å². The van der Waals surface area contributed by atoms with Crippen molar-refractivity contribution in [2.45, 2.75) is 89.6 Å². The number of aromatic nitrogens is 3. The van der Waals surface area contributed by atoms with Gasteiger partial charge in [0.05, 0.1) is 18.7 Å². The number of nitrogens with zero attached hydrogens (tertiary/aromatic N) is 7. The summed E-state index contributed by atoms with van der Waals surface area (Å²) in [4.78, 5) is 62.3. The molecule has 1 unspecified atom stereocenters. The smallest absolute Gasteiger partial charge is 0.258 e. The van der Waals surface area contributed by atoms with Gasteiger partial charge >= 0.3 is 0 Å². The minimum atomic E-state index is -1.34. The number of nitrogens with one attached hydrogen (secondary N) is 2. The molecule has 312 valence electrons. The van der Waals surface area contributed by atoms with E-state index in [9.17, 15) is 14.4 Å². The number of methoxy groups -OCH3 is 1. The Bertz CT molecular complexity index is 2220. The summed E-state index contributed by atoms with van der Waals surface area (Å²) in [6, 6.07) is 11.8. The van der Waals surface area contributed by atoms with Crippen LogP contribution in [0.4, 0.5) is 16.0 Å². The number of ether oxygens (including phenoxy) is 1. The second kappa shape index (κ2) is 15.8. The zero-order chi connectivity index (χ0) is 41.0.